The lowest BCUT2D eigenvalue weighted by Crippen LogP contribution is -2.41. The van der Waals surface area contributed by atoms with Crippen LogP contribution in [0.1, 0.15) is 131 Å². The summed E-state index contributed by atoms with van der Waals surface area (Å²) >= 11 is 5.98. The number of carbonyl (C=O) groups excluding carboxylic acids is 1. The van der Waals surface area contributed by atoms with Crippen LogP contribution >= 0.6 is 11.6 Å². The number of nitrogens with one attached hydrogen (secondary N) is 5. The van der Waals surface area contributed by atoms with Gasteiger partial charge in [-0.1, -0.05) is 90.5 Å². The minimum Gasteiger partial charge on any atom is -0.384 e. The zero-order valence-electron chi connectivity index (χ0n) is 59.1. The Hall–Kier alpha value is -7.43. The molecule has 103 heavy (non-hydrogen) atoms. The Morgan fingerprint density at radius 3 is 1.47 bits per heavy atom. The molecule has 10 heterocycles. The van der Waals surface area contributed by atoms with E-state index in [1.54, 1.807) is 44.7 Å². The average Bonchev–Trinajstić information content (AvgIpc) is 1.69. The van der Waals surface area contributed by atoms with E-state index in [0.717, 1.165) is 108 Å². The number of benzene rings is 5. The fourth-order valence-corrected chi connectivity index (χ4v) is 20.5. The highest BCUT2D eigenvalue weighted by Gasteiger charge is 2.42. The second-order valence-corrected chi connectivity index (χ2v) is 37.0. The normalized spacial score (nSPS) is 18.4. The third-order valence-electron chi connectivity index (χ3n) is 21.0. The lowest BCUT2D eigenvalue weighted by atomic mass is 9.90. The molecule has 1 saturated carbocycles. The van der Waals surface area contributed by atoms with E-state index in [0.29, 0.717) is 93.6 Å². The van der Waals surface area contributed by atoms with Gasteiger partial charge in [0.1, 0.15) is 5.82 Å². The molecule has 10 aromatic rings. The molecule has 0 radical (unpaired) electrons. The number of fused-ring (bicyclic) bond motifs is 5. The third kappa shape index (κ3) is 17.4. The Kier molecular flexibility index (Phi) is 23.8. The van der Waals surface area contributed by atoms with Gasteiger partial charge in [-0.3, -0.25) is 4.79 Å². The van der Waals surface area contributed by atoms with Gasteiger partial charge in [0.15, 0.2) is 0 Å². The van der Waals surface area contributed by atoms with Crippen LogP contribution in [-0.4, -0.2) is 188 Å². The number of hydrogen-bond donors (Lipinski definition) is 5. The summed E-state index contributed by atoms with van der Waals surface area (Å²) in [5.74, 6) is 1.28. The Morgan fingerprint density at radius 2 is 0.990 bits per heavy atom. The summed E-state index contributed by atoms with van der Waals surface area (Å²) in [6.07, 6.45) is 23.9. The Bertz CT molecular complexity index is 5050. The van der Waals surface area contributed by atoms with Gasteiger partial charge in [-0.15, -0.1) is 0 Å². The van der Waals surface area contributed by atoms with Crippen molar-refractivity contribution in [2.45, 2.75) is 113 Å². The first kappa shape index (κ1) is 75.3. The number of carbonyl (C=O) groups is 1. The van der Waals surface area contributed by atoms with Gasteiger partial charge in [0.2, 0.25) is 46.0 Å². The number of nitrogens with zero attached hydrogens (tertiary/aromatic N) is 5. The molecule has 5 aliphatic heterocycles. The standard InChI is InChI=1S/C16H22N2O3S.C16H20N2O2S.C16H22N2O2S.C15H15FN2O.C14H15ClN2O2S/c1-21-10-11-22(19,20)18-8-6-13(7-9-18)15-12-17-16-5-3-2-4-14(15)16;19-21(20,13-5-6-13)18-9-7-12(8-10-18)15-11-17-16-4-2-1-3-14(15)16;1-12(2)21(19,20)18-9-7-13(8-10-18)15-11-17-16-6-4-3-5-14(15)16;1-10(19)18-7-5-11(6-8-18)12-9-17-14-4-2-3-13(16)15(12)14;1-20(18,19)17-6-4-10(5-7-17)13-9-16-14-8-11(15)2-3-12(13)14/h2-5,12-13,17H,6-11H2,1H3;1-4,11-13,17H,5-10H2;3-6,11-13,17H,7-10H2,1-2H3;2-5,9,17H,6-8H2,1H3;2-4,8-9,16H,5-7H2,1H3. The smallest absolute Gasteiger partial charge is 0.219 e. The van der Waals surface area contributed by atoms with E-state index in [2.05, 4.69) is 92.0 Å². The van der Waals surface area contributed by atoms with E-state index < -0.39 is 40.1 Å². The number of methoxy groups -OCH3 is 1. The molecule has 5 aromatic carbocycles. The van der Waals surface area contributed by atoms with Crippen molar-refractivity contribution < 1.29 is 47.6 Å². The van der Waals surface area contributed by atoms with Crippen molar-refractivity contribution in [2.75, 3.05) is 91.2 Å². The predicted octanol–water partition coefficient (Wildman–Crippen LogP) is 14.1. The monoisotopic (exact) mass is 1500 g/mol. The molecule has 26 heteroatoms. The van der Waals surface area contributed by atoms with Crippen molar-refractivity contribution in [1.29, 1.82) is 0 Å². The summed E-state index contributed by atoms with van der Waals surface area (Å²) in [6, 6.07) is 35.7. The summed E-state index contributed by atoms with van der Waals surface area (Å²) in [4.78, 5) is 29.3. The minimum absolute atomic E-state index is 0.0707. The van der Waals surface area contributed by atoms with Gasteiger partial charge < -0.3 is 34.6 Å². The van der Waals surface area contributed by atoms with Crippen molar-refractivity contribution in [3.63, 3.8) is 0 Å². The van der Waals surface area contributed by atoms with Gasteiger partial charge in [-0.25, -0.2) is 51.0 Å². The summed E-state index contributed by atoms with van der Waals surface area (Å²) in [6.45, 7) is 11.4. The molecule has 0 bridgehead atoms. The number of amides is 1. The largest absolute Gasteiger partial charge is 0.384 e. The highest BCUT2D eigenvalue weighted by Crippen LogP contribution is 2.40. The number of halogens is 2. The third-order valence-corrected chi connectivity index (χ3v) is 29.0. The predicted molar refractivity (Wildman–Crippen MR) is 413 cm³/mol. The van der Waals surface area contributed by atoms with Crippen LogP contribution in [0.15, 0.2) is 152 Å². The first-order chi connectivity index (χ1) is 49.4. The summed E-state index contributed by atoms with van der Waals surface area (Å²) in [5.41, 5.74) is 13.6. The van der Waals surface area contributed by atoms with E-state index in [1.807, 2.05) is 73.1 Å². The Labute approximate surface area is 609 Å². The fourth-order valence-electron chi connectivity index (χ4n) is 14.9. The SMILES string of the molecule is CC(=O)N1CC=C(c2c[nH]c3cccc(F)c23)CC1.CC(C)S(=O)(=O)N1CCC(c2c[nH]c3ccccc23)CC1.COCCS(=O)(=O)N1CCC(c2c[nH]c3ccccc23)CC1.CS(=O)(=O)N1CC=C(c2c[nH]c3cc(Cl)ccc23)CC1.O=S(=O)(C1CC1)N1CCC(c2c[nH]c3ccccc23)CC1. The lowest BCUT2D eigenvalue weighted by Gasteiger charge is -2.32. The molecule has 16 rings (SSSR count). The topological polar surface area (TPSA) is 258 Å². The molecule has 20 nitrogen and oxygen atoms in total. The van der Waals surface area contributed by atoms with Crippen molar-refractivity contribution in [3.8, 4) is 0 Å². The van der Waals surface area contributed by atoms with Crippen LogP contribution < -0.4 is 0 Å². The molecule has 0 unspecified atom stereocenters. The van der Waals surface area contributed by atoms with Crippen LogP contribution in [0.3, 0.4) is 0 Å². The Morgan fingerprint density at radius 1 is 0.524 bits per heavy atom. The van der Waals surface area contributed by atoms with Crippen molar-refractivity contribution in [3.05, 3.63) is 191 Å². The summed E-state index contributed by atoms with van der Waals surface area (Å²) in [7, 11) is -10.9. The number of H-pyrrole nitrogens is 5. The molecule has 4 fully saturated rings. The van der Waals surface area contributed by atoms with Crippen LogP contribution in [0.25, 0.3) is 65.7 Å². The van der Waals surface area contributed by atoms with Crippen LogP contribution in [-0.2, 0) is 49.6 Å². The first-order valence-electron chi connectivity index (χ1n) is 35.6. The lowest BCUT2D eigenvalue weighted by molar-refractivity contribution is -0.128. The second-order valence-electron chi connectivity index (χ2n) is 27.8. The van der Waals surface area contributed by atoms with Crippen LogP contribution in [0.2, 0.25) is 5.02 Å². The van der Waals surface area contributed by atoms with E-state index in [9.17, 15) is 42.9 Å². The number of hydrogen-bond acceptors (Lipinski definition) is 10. The molecule has 550 valence electrons. The van der Waals surface area contributed by atoms with Crippen molar-refractivity contribution in [1.82, 2.24) is 47.0 Å². The van der Waals surface area contributed by atoms with Crippen LogP contribution in [0.4, 0.5) is 4.39 Å². The van der Waals surface area contributed by atoms with Gasteiger partial charge in [0, 0.05) is 181 Å². The highest BCUT2D eigenvalue weighted by molar-refractivity contribution is 7.90. The highest BCUT2D eigenvalue weighted by atomic mass is 35.5. The van der Waals surface area contributed by atoms with Crippen LogP contribution in [0.5, 0.6) is 0 Å². The van der Waals surface area contributed by atoms with Crippen molar-refractivity contribution >= 4 is 123 Å². The van der Waals surface area contributed by atoms with Gasteiger partial charge in [-0.2, -0.15) is 4.31 Å². The number of aromatic nitrogens is 5. The molecule has 1 amide bonds. The maximum absolute atomic E-state index is 13.9. The molecule has 3 saturated heterocycles. The number of sulfonamides is 4. The number of para-hydroxylation sites is 3. The van der Waals surface area contributed by atoms with E-state index in [-0.39, 0.29) is 34.6 Å². The summed E-state index contributed by atoms with van der Waals surface area (Å²) < 4.78 is 122. The fraction of sp³-hybridized carbons (Fsp3) is 0.416. The molecule has 6 aliphatic rings. The van der Waals surface area contributed by atoms with Crippen LogP contribution in [0, 0.1) is 5.82 Å². The summed E-state index contributed by atoms with van der Waals surface area (Å²) in [5, 5.41) is 5.85. The van der Waals surface area contributed by atoms with Gasteiger partial charge in [-0.05, 0) is 166 Å². The second kappa shape index (κ2) is 32.5. The number of ether oxygens (including phenoxy) is 1. The molecule has 5 aromatic heterocycles. The number of piperidine rings is 3. The van der Waals surface area contributed by atoms with Gasteiger partial charge in [0.25, 0.3) is 0 Å². The van der Waals surface area contributed by atoms with E-state index in [4.69, 9.17) is 16.3 Å². The van der Waals surface area contributed by atoms with Gasteiger partial charge >= 0.3 is 0 Å². The molecule has 0 spiro atoms. The van der Waals surface area contributed by atoms with E-state index in [1.165, 1.54) is 67.7 Å². The number of rotatable bonds is 14. The quantitative estimate of drug-likeness (QED) is 0.0688. The molecule has 0 atom stereocenters. The first-order valence-corrected chi connectivity index (χ1v) is 42.5. The average molecular weight is 1500 g/mol. The maximum Gasteiger partial charge on any atom is 0.219 e. The molecule has 1 aliphatic carbocycles. The molecular formula is C77H94ClFN10O10S4. The minimum atomic E-state index is -3.18. The number of aromatic amines is 5. The Balaban J connectivity index is 0.000000121. The zero-order valence-corrected chi connectivity index (χ0v) is 63.1. The molecular weight excluding hydrogens is 1410 g/mol. The van der Waals surface area contributed by atoms with Gasteiger partial charge in [0.05, 0.1) is 29.1 Å². The maximum atomic E-state index is 13.9. The van der Waals surface area contributed by atoms with Crippen molar-refractivity contribution in [2.24, 2.45) is 0 Å². The molecule has 5 N–H and O–H groups in total. The zero-order chi connectivity index (χ0) is 72.8. The van der Waals surface area contributed by atoms with E-state index >= 15 is 0 Å².